The molecule has 0 saturated heterocycles. The number of likely N-dealkylation sites (N-methyl/N-ethyl adjacent to an activating group) is 2. The van der Waals surface area contributed by atoms with Crippen molar-refractivity contribution >= 4 is 34.5 Å². The highest BCUT2D eigenvalue weighted by Crippen LogP contribution is 2.18. The summed E-state index contributed by atoms with van der Waals surface area (Å²) in [6, 6.07) is 7.22. The van der Waals surface area contributed by atoms with Crippen LogP contribution in [-0.4, -0.2) is 51.7 Å². The summed E-state index contributed by atoms with van der Waals surface area (Å²) < 4.78 is 1.63. The van der Waals surface area contributed by atoms with Gasteiger partial charge in [0.25, 0.3) is 5.56 Å². The van der Waals surface area contributed by atoms with Gasteiger partial charge < -0.3 is 10.2 Å². The summed E-state index contributed by atoms with van der Waals surface area (Å²) in [4.78, 5) is 43.1. The van der Waals surface area contributed by atoms with Crippen LogP contribution >= 0.6 is 11.8 Å². The highest BCUT2D eigenvalue weighted by atomic mass is 32.2. The fourth-order valence-corrected chi connectivity index (χ4v) is 3.63. The molecule has 27 heavy (non-hydrogen) atoms. The Bertz CT molecular complexity index is 866. The molecule has 1 N–H and O–H groups in total. The SMILES string of the molecule is CCCn1c(SCC(=O)N(CC)CC(=O)NCC)nc2ccccc2c1=O. The van der Waals surface area contributed by atoms with E-state index in [9.17, 15) is 14.4 Å². The Morgan fingerprint density at radius 2 is 1.96 bits per heavy atom. The molecule has 0 aliphatic carbocycles. The summed E-state index contributed by atoms with van der Waals surface area (Å²) in [6.07, 6.45) is 0.791. The van der Waals surface area contributed by atoms with Crippen molar-refractivity contribution in [2.24, 2.45) is 0 Å². The lowest BCUT2D eigenvalue weighted by Crippen LogP contribution is -2.41. The van der Waals surface area contributed by atoms with E-state index in [1.165, 1.54) is 16.7 Å². The van der Waals surface area contributed by atoms with E-state index in [1.54, 1.807) is 16.7 Å². The normalized spacial score (nSPS) is 10.8. The molecule has 0 aliphatic heterocycles. The fourth-order valence-electron chi connectivity index (χ4n) is 2.70. The van der Waals surface area contributed by atoms with Crippen molar-refractivity contribution in [1.82, 2.24) is 19.8 Å². The molecule has 0 bridgehead atoms. The van der Waals surface area contributed by atoms with E-state index in [1.807, 2.05) is 32.9 Å². The molecule has 0 unspecified atom stereocenters. The van der Waals surface area contributed by atoms with Gasteiger partial charge in [0, 0.05) is 19.6 Å². The van der Waals surface area contributed by atoms with E-state index in [0.717, 1.165) is 6.42 Å². The number of thioether (sulfide) groups is 1. The van der Waals surface area contributed by atoms with Gasteiger partial charge in [-0.1, -0.05) is 30.8 Å². The zero-order chi connectivity index (χ0) is 19.8. The molecule has 0 radical (unpaired) electrons. The largest absolute Gasteiger partial charge is 0.355 e. The minimum Gasteiger partial charge on any atom is -0.355 e. The van der Waals surface area contributed by atoms with Crippen LogP contribution in [0.2, 0.25) is 0 Å². The quantitative estimate of drug-likeness (QED) is 0.522. The number of nitrogens with one attached hydrogen (secondary N) is 1. The molecule has 0 aliphatic rings. The summed E-state index contributed by atoms with van der Waals surface area (Å²) in [6.45, 7) is 7.23. The molecular formula is C19H26N4O3S. The third kappa shape index (κ3) is 5.32. The standard InChI is InChI=1S/C19H26N4O3S/c1-4-11-23-18(26)14-9-7-8-10-15(14)21-19(23)27-13-17(25)22(6-3)12-16(24)20-5-2/h7-10H,4-6,11-13H2,1-3H3,(H,20,24). The number of fused-ring (bicyclic) bond motifs is 1. The van der Waals surface area contributed by atoms with Crippen LogP contribution in [0.5, 0.6) is 0 Å². The lowest BCUT2D eigenvalue weighted by Gasteiger charge is -2.20. The van der Waals surface area contributed by atoms with E-state index >= 15 is 0 Å². The van der Waals surface area contributed by atoms with Crippen molar-refractivity contribution in [2.45, 2.75) is 38.9 Å². The number of benzene rings is 1. The Hall–Kier alpha value is -2.35. The van der Waals surface area contributed by atoms with Crippen molar-refractivity contribution in [2.75, 3.05) is 25.4 Å². The Labute approximate surface area is 163 Å². The van der Waals surface area contributed by atoms with Crippen LogP contribution in [0.3, 0.4) is 0 Å². The molecule has 0 spiro atoms. The molecular weight excluding hydrogens is 364 g/mol. The maximum absolute atomic E-state index is 12.8. The maximum atomic E-state index is 12.8. The van der Waals surface area contributed by atoms with Crippen LogP contribution in [0.1, 0.15) is 27.2 Å². The monoisotopic (exact) mass is 390 g/mol. The molecule has 2 aromatic rings. The molecule has 1 aromatic carbocycles. The predicted molar refractivity (Wildman–Crippen MR) is 108 cm³/mol. The van der Waals surface area contributed by atoms with Gasteiger partial charge in [0.05, 0.1) is 23.2 Å². The zero-order valence-electron chi connectivity index (χ0n) is 16.0. The summed E-state index contributed by atoms with van der Waals surface area (Å²) >= 11 is 1.24. The van der Waals surface area contributed by atoms with Crippen LogP contribution in [0.25, 0.3) is 10.9 Å². The lowest BCUT2D eigenvalue weighted by molar-refractivity contribution is -0.133. The number of hydrogen-bond donors (Lipinski definition) is 1. The second-order valence-electron chi connectivity index (χ2n) is 6.02. The van der Waals surface area contributed by atoms with E-state index in [2.05, 4.69) is 10.3 Å². The van der Waals surface area contributed by atoms with Crippen LogP contribution < -0.4 is 10.9 Å². The third-order valence-electron chi connectivity index (χ3n) is 4.04. The topological polar surface area (TPSA) is 84.3 Å². The highest BCUT2D eigenvalue weighted by molar-refractivity contribution is 7.99. The van der Waals surface area contributed by atoms with Gasteiger partial charge in [0.2, 0.25) is 11.8 Å². The minimum absolute atomic E-state index is 0.0383. The molecule has 1 aromatic heterocycles. The molecule has 8 heteroatoms. The maximum Gasteiger partial charge on any atom is 0.262 e. The zero-order valence-corrected chi connectivity index (χ0v) is 16.8. The highest BCUT2D eigenvalue weighted by Gasteiger charge is 2.18. The number of hydrogen-bond acceptors (Lipinski definition) is 5. The smallest absolute Gasteiger partial charge is 0.262 e. The van der Waals surface area contributed by atoms with E-state index in [4.69, 9.17) is 0 Å². The van der Waals surface area contributed by atoms with Crippen molar-refractivity contribution < 1.29 is 9.59 Å². The van der Waals surface area contributed by atoms with Gasteiger partial charge in [-0.15, -0.1) is 0 Å². The molecule has 0 fully saturated rings. The van der Waals surface area contributed by atoms with Crippen molar-refractivity contribution in [1.29, 1.82) is 0 Å². The van der Waals surface area contributed by atoms with Gasteiger partial charge in [-0.05, 0) is 32.4 Å². The number of nitrogens with zero attached hydrogens (tertiary/aromatic N) is 3. The van der Waals surface area contributed by atoms with Crippen LogP contribution in [0, 0.1) is 0 Å². The molecule has 7 nitrogen and oxygen atoms in total. The Morgan fingerprint density at radius 1 is 1.22 bits per heavy atom. The van der Waals surface area contributed by atoms with Crippen LogP contribution in [-0.2, 0) is 16.1 Å². The van der Waals surface area contributed by atoms with Crippen molar-refractivity contribution in [3.05, 3.63) is 34.6 Å². The summed E-state index contributed by atoms with van der Waals surface area (Å²) in [5, 5.41) is 3.80. The van der Waals surface area contributed by atoms with E-state index < -0.39 is 0 Å². The van der Waals surface area contributed by atoms with E-state index in [0.29, 0.717) is 35.7 Å². The third-order valence-corrected chi connectivity index (χ3v) is 5.00. The first kappa shape index (κ1) is 21.0. The number of aromatic nitrogens is 2. The Kier molecular flexibility index (Phi) is 7.84. The second kappa shape index (κ2) is 10.1. The van der Waals surface area contributed by atoms with Gasteiger partial charge in [-0.3, -0.25) is 19.0 Å². The van der Waals surface area contributed by atoms with E-state index in [-0.39, 0.29) is 29.7 Å². The molecule has 0 atom stereocenters. The van der Waals surface area contributed by atoms with Gasteiger partial charge >= 0.3 is 0 Å². The van der Waals surface area contributed by atoms with Gasteiger partial charge in [0.1, 0.15) is 0 Å². The summed E-state index contributed by atoms with van der Waals surface area (Å²) in [5.41, 5.74) is 0.534. The van der Waals surface area contributed by atoms with Crippen LogP contribution in [0.15, 0.2) is 34.2 Å². The summed E-state index contributed by atoms with van der Waals surface area (Å²) in [7, 11) is 0. The fraction of sp³-hybridized carbons (Fsp3) is 0.474. The number of para-hydroxylation sites is 1. The first-order chi connectivity index (χ1) is 13.0. The first-order valence-electron chi connectivity index (χ1n) is 9.18. The average Bonchev–Trinajstić information content (AvgIpc) is 2.67. The average molecular weight is 391 g/mol. The van der Waals surface area contributed by atoms with Gasteiger partial charge in [-0.2, -0.15) is 0 Å². The van der Waals surface area contributed by atoms with Gasteiger partial charge in [0.15, 0.2) is 5.16 Å². The number of rotatable bonds is 9. The molecule has 1 heterocycles. The lowest BCUT2D eigenvalue weighted by atomic mass is 10.2. The number of amides is 2. The minimum atomic E-state index is -0.176. The summed E-state index contributed by atoms with van der Waals surface area (Å²) in [5.74, 6) is -0.203. The molecule has 146 valence electrons. The number of carbonyl (C=O) groups excluding carboxylic acids is 2. The molecule has 2 rings (SSSR count). The van der Waals surface area contributed by atoms with Gasteiger partial charge in [-0.25, -0.2) is 4.98 Å². The number of carbonyl (C=O) groups is 2. The first-order valence-corrected chi connectivity index (χ1v) is 10.2. The predicted octanol–water partition coefficient (Wildman–Crippen LogP) is 1.88. The van der Waals surface area contributed by atoms with Crippen LogP contribution in [0.4, 0.5) is 0 Å². The van der Waals surface area contributed by atoms with Crippen molar-refractivity contribution in [3.8, 4) is 0 Å². The molecule has 2 amide bonds. The second-order valence-corrected chi connectivity index (χ2v) is 6.96. The Balaban J connectivity index is 2.19. The molecule has 0 saturated carbocycles. The van der Waals surface area contributed by atoms with Crippen molar-refractivity contribution in [3.63, 3.8) is 0 Å². The Morgan fingerprint density at radius 3 is 2.63 bits per heavy atom.